The molecule has 4 nitrogen and oxygen atoms in total. The highest BCUT2D eigenvalue weighted by Crippen LogP contribution is 2.30. The highest BCUT2D eigenvalue weighted by Gasteiger charge is 2.19. The van der Waals surface area contributed by atoms with E-state index in [1.54, 1.807) is 0 Å². The molecular formula is C34H28N4. The van der Waals surface area contributed by atoms with Crippen molar-refractivity contribution in [1.82, 2.24) is 0 Å². The van der Waals surface area contributed by atoms with Crippen LogP contribution in [0.15, 0.2) is 132 Å². The van der Waals surface area contributed by atoms with Gasteiger partial charge in [-0.1, -0.05) is 84.9 Å². The average Bonchev–Trinajstić information content (AvgIpc) is 2.97. The molecule has 0 N–H and O–H groups in total. The van der Waals surface area contributed by atoms with E-state index in [4.69, 9.17) is 9.98 Å². The third-order valence-electron chi connectivity index (χ3n) is 7.39. The number of hydrogen-bond donors (Lipinski definition) is 0. The molecule has 0 fully saturated rings. The Balaban J connectivity index is 1.32. The van der Waals surface area contributed by atoms with Crippen molar-refractivity contribution in [1.29, 1.82) is 0 Å². The van der Waals surface area contributed by atoms with Crippen molar-refractivity contribution in [3.63, 3.8) is 0 Å². The van der Waals surface area contributed by atoms with Crippen LogP contribution in [0.4, 0.5) is 11.4 Å². The molecule has 0 unspecified atom stereocenters. The highest BCUT2D eigenvalue weighted by molar-refractivity contribution is 6.14. The molecule has 6 aliphatic rings. The van der Waals surface area contributed by atoms with Gasteiger partial charge < -0.3 is 9.80 Å². The Hall–Kier alpha value is -4.70. The molecule has 10 rings (SSSR count). The first-order valence-corrected chi connectivity index (χ1v) is 13.1. The van der Waals surface area contributed by atoms with Crippen LogP contribution in [0.1, 0.15) is 33.4 Å². The molecule has 0 saturated heterocycles. The number of para-hydroxylation sites is 2. The Kier molecular flexibility index (Phi) is 5.71. The van der Waals surface area contributed by atoms with Crippen molar-refractivity contribution < 1.29 is 0 Å². The molecule has 0 aromatic heterocycles. The minimum Gasteiger partial charge on any atom is -0.343 e. The largest absolute Gasteiger partial charge is 0.343 e. The summed E-state index contributed by atoms with van der Waals surface area (Å²) in [7, 11) is 0. The van der Waals surface area contributed by atoms with E-state index in [2.05, 4.69) is 131 Å². The Morgan fingerprint density at radius 2 is 0.947 bits per heavy atom. The van der Waals surface area contributed by atoms with Crippen molar-refractivity contribution in [2.24, 2.45) is 9.98 Å². The van der Waals surface area contributed by atoms with Crippen LogP contribution in [0.25, 0.3) is 0 Å². The summed E-state index contributed by atoms with van der Waals surface area (Å²) in [6.07, 6.45) is 8.63. The second kappa shape index (κ2) is 9.64. The summed E-state index contributed by atoms with van der Waals surface area (Å²) in [6, 6.07) is 34.7. The van der Waals surface area contributed by atoms with Gasteiger partial charge in [0, 0.05) is 36.6 Å². The molecule has 6 aliphatic heterocycles. The lowest BCUT2D eigenvalue weighted by Gasteiger charge is -2.28. The van der Waals surface area contributed by atoms with Gasteiger partial charge in [0.15, 0.2) is 0 Å². The predicted octanol–water partition coefficient (Wildman–Crippen LogP) is 7.05. The second-order valence-electron chi connectivity index (χ2n) is 9.96. The standard InChI is InChI=1S/C34H28N4/c1-3-10-33-29(8-1)31-16-18-37(33)23-27-6-5-7-28(20-27)24-38-19-17-32(30-9-2-4-11-34(30)38)36-22-26-14-12-25(13-15-26)21-35-31/h1-20H,21-24H2. The molecule has 0 spiro atoms. The zero-order valence-electron chi connectivity index (χ0n) is 21.2. The van der Waals surface area contributed by atoms with Crippen LogP contribution in [-0.2, 0) is 26.2 Å². The van der Waals surface area contributed by atoms with E-state index in [0.717, 1.165) is 24.5 Å². The fourth-order valence-corrected chi connectivity index (χ4v) is 5.42. The molecule has 6 heterocycles. The van der Waals surface area contributed by atoms with E-state index >= 15 is 0 Å². The molecule has 4 aromatic rings. The summed E-state index contributed by atoms with van der Waals surface area (Å²) in [5.74, 6) is 0. The monoisotopic (exact) mass is 492 g/mol. The van der Waals surface area contributed by atoms with Gasteiger partial charge in [-0.2, -0.15) is 0 Å². The number of benzene rings is 4. The molecule has 8 bridgehead atoms. The van der Waals surface area contributed by atoms with Gasteiger partial charge in [0.25, 0.3) is 0 Å². The number of aliphatic imine (C=N–C) groups is 2. The van der Waals surface area contributed by atoms with Gasteiger partial charge in [0.1, 0.15) is 0 Å². The minimum atomic E-state index is 0.650. The molecule has 0 radical (unpaired) electrons. The van der Waals surface area contributed by atoms with Crippen molar-refractivity contribution >= 4 is 22.8 Å². The molecule has 0 aliphatic carbocycles. The average molecular weight is 493 g/mol. The van der Waals surface area contributed by atoms with Gasteiger partial charge in [-0.3, -0.25) is 9.98 Å². The fourth-order valence-electron chi connectivity index (χ4n) is 5.42. The van der Waals surface area contributed by atoms with Crippen LogP contribution < -0.4 is 9.80 Å². The van der Waals surface area contributed by atoms with Crippen LogP contribution in [-0.4, -0.2) is 11.4 Å². The summed E-state index contributed by atoms with van der Waals surface area (Å²) in [4.78, 5) is 14.6. The smallest absolute Gasteiger partial charge is 0.0686 e. The second-order valence-corrected chi connectivity index (χ2v) is 9.96. The summed E-state index contributed by atoms with van der Waals surface area (Å²) in [5.41, 5.74) is 11.8. The van der Waals surface area contributed by atoms with E-state index < -0.39 is 0 Å². The van der Waals surface area contributed by atoms with Gasteiger partial charge >= 0.3 is 0 Å². The molecular weight excluding hydrogens is 464 g/mol. The van der Waals surface area contributed by atoms with Crippen LogP contribution >= 0.6 is 0 Å². The quantitative estimate of drug-likeness (QED) is 0.263. The Labute approximate surface area is 223 Å². The van der Waals surface area contributed by atoms with Gasteiger partial charge in [0.05, 0.1) is 35.9 Å². The third kappa shape index (κ3) is 4.35. The maximum absolute atomic E-state index is 4.99. The highest BCUT2D eigenvalue weighted by atomic mass is 15.1. The first-order chi connectivity index (χ1) is 18.8. The topological polar surface area (TPSA) is 31.2 Å². The molecule has 4 heteroatoms. The Bertz CT molecular complexity index is 1510. The SMILES string of the molecule is C1=CN2Cc3cccc(c3)CN3C=CC(=NCc4ccc(cc4)CN=C1c1ccccc12)c1ccccc13. The zero-order valence-corrected chi connectivity index (χ0v) is 21.2. The first-order valence-electron chi connectivity index (χ1n) is 13.1. The van der Waals surface area contributed by atoms with Crippen LogP contribution in [0.5, 0.6) is 0 Å². The Morgan fingerprint density at radius 1 is 0.474 bits per heavy atom. The van der Waals surface area contributed by atoms with E-state index in [1.807, 2.05) is 0 Å². The number of allylic oxidation sites excluding steroid dienone is 2. The van der Waals surface area contributed by atoms with Crippen molar-refractivity contribution in [3.8, 4) is 0 Å². The van der Waals surface area contributed by atoms with Crippen LogP contribution in [0, 0.1) is 0 Å². The third-order valence-corrected chi connectivity index (χ3v) is 7.39. The summed E-state index contributed by atoms with van der Waals surface area (Å²) in [6.45, 7) is 2.91. The lowest BCUT2D eigenvalue weighted by atomic mass is 10.0. The first kappa shape index (κ1) is 22.5. The van der Waals surface area contributed by atoms with Gasteiger partial charge in [-0.25, -0.2) is 0 Å². The molecule has 38 heavy (non-hydrogen) atoms. The van der Waals surface area contributed by atoms with Gasteiger partial charge in [0.2, 0.25) is 0 Å². The lowest BCUT2D eigenvalue weighted by Crippen LogP contribution is -2.23. The Morgan fingerprint density at radius 3 is 1.45 bits per heavy atom. The maximum atomic E-state index is 4.99. The lowest BCUT2D eigenvalue weighted by molar-refractivity contribution is 0.932. The molecule has 0 amide bonds. The summed E-state index contributed by atoms with van der Waals surface area (Å²) in [5, 5.41) is 0. The minimum absolute atomic E-state index is 0.650. The number of fused-ring (bicyclic) bond motifs is 1. The number of anilines is 2. The summed E-state index contributed by atoms with van der Waals surface area (Å²) < 4.78 is 0. The van der Waals surface area contributed by atoms with Crippen molar-refractivity contribution in [2.75, 3.05) is 9.80 Å². The predicted molar refractivity (Wildman–Crippen MR) is 157 cm³/mol. The van der Waals surface area contributed by atoms with E-state index in [0.29, 0.717) is 13.1 Å². The van der Waals surface area contributed by atoms with E-state index in [1.165, 1.54) is 44.8 Å². The number of hydrogen-bond acceptors (Lipinski definition) is 4. The van der Waals surface area contributed by atoms with Crippen LogP contribution in [0.2, 0.25) is 0 Å². The van der Waals surface area contributed by atoms with E-state index in [-0.39, 0.29) is 0 Å². The summed E-state index contributed by atoms with van der Waals surface area (Å²) >= 11 is 0. The van der Waals surface area contributed by atoms with Crippen molar-refractivity contribution in [2.45, 2.75) is 26.2 Å². The molecule has 4 aromatic carbocycles. The molecule has 0 atom stereocenters. The molecule has 0 saturated carbocycles. The van der Waals surface area contributed by atoms with E-state index in [9.17, 15) is 0 Å². The molecule has 184 valence electrons. The number of nitrogens with zero attached hydrogens (tertiary/aromatic N) is 4. The van der Waals surface area contributed by atoms with Crippen molar-refractivity contribution in [3.05, 3.63) is 155 Å². The van der Waals surface area contributed by atoms with Gasteiger partial charge in [-0.15, -0.1) is 0 Å². The fraction of sp³-hybridized carbons (Fsp3) is 0.118. The van der Waals surface area contributed by atoms with Crippen LogP contribution in [0.3, 0.4) is 0 Å². The normalized spacial score (nSPS) is 16.0. The zero-order chi connectivity index (χ0) is 25.3. The maximum Gasteiger partial charge on any atom is 0.0686 e. The number of rotatable bonds is 0. The van der Waals surface area contributed by atoms with Gasteiger partial charge in [-0.05, 0) is 46.5 Å².